The number of benzene rings is 2. The molecule has 0 saturated carbocycles. The van der Waals surface area contributed by atoms with E-state index in [4.69, 9.17) is 5.11 Å². The zero-order valence-corrected chi connectivity index (χ0v) is 14.9. The van der Waals surface area contributed by atoms with Crippen molar-refractivity contribution in [3.63, 3.8) is 0 Å². The van der Waals surface area contributed by atoms with Crippen molar-refractivity contribution in [2.45, 2.75) is 12.8 Å². The van der Waals surface area contributed by atoms with Crippen LogP contribution in [0.4, 0.5) is 0 Å². The van der Waals surface area contributed by atoms with Gasteiger partial charge in [-0.2, -0.15) is 0 Å². The van der Waals surface area contributed by atoms with E-state index in [1.54, 1.807) is 11.7 Å². The standard InChI is InChI=1S/C20H20N4O3/c1-23(13-12-19(26)27)18(25)14-17-20(15-8-4-2-5-9-15)24(22-21-17)16-10-6-3-7-11-16/h2-11H,12-14H2,1H3,(H,26,27). The summed E-state index contributed by atoms with van der Waals surface area (Å²) in [7, 11) is 1.59. The van der Waals surface area contributed by atoms with E-state index < -0.39 is 5.97 Å². The van der Waals surface area contributed by atoms with Gasteiger partial charge in [0, 0.05) is 19.2 Å². The van der Waals surface area contributed by atoms with E-state index in [-0.39, 0.29) is 25.3 Å². The van der Waals surface area contributed by atoms with Crippen LogP contribution in [0.25, 0.3) is 16.9 Å². The molecule has 1 aromatic heterocycles. The van der Waals surface area contributed by atoms with Crippen LogP contribution in [-0.2, 0) is 16.0 Å². The van der Waals surface area contributed by atoms with E-state index >= 15 is 0 Å². The van der Waals surface area contributed by atoms with Crippen LogP contribution in [0, 0.1) is 0 Å². The molecule has 1 N–H and O–H groups in total. The van der Waals surface area contributed by atoms with Crippen molar-refractivity contribution in [2.75, 3.05) is 13.6 Å². The Bertz CT molecular complexity index is 923. The molecular formula is C20H20N4O3. The van der Waals surface area contributed by atoms with Gasteiger partial charge in [-0.15, -0.1) is 5.10 Å². The number of aliphatic carboxylic acids is 1. The quantitative estimate of drug-likeness (QED) is 0.695. The fourth-order valence-electron chi connectivity index (χ4n) is 2.73. The predicted molar refractivity (Wildman–Crippen MR) is 100 cm³/mol. The van der Waals surface area contributed by atoms with Crippen molar-refractivity contribution in [1.82, 2.24) is 19.9 Å². The van der Waals surface area contributed by atoms with Gasteiger partial charge in [-0.3, -0.25) is 9.59 Å². The molecule has 3 aromatic rings. The summed E-state index contributed by atoms with van der Waals surface area (Å²) in [4.78, 5) is 24.6. The van der Waals surface area contributed by atoms with Gasteiger partial charge in [-0.05, 0) is 12.1 Å². The highest BCUT2D eigenvalue weighted by Crippen LogP contribution is 2.25. The number of nitrogens with zero attached hydrogens (tertiary/aromatic N) is 4. The molecular weight excluding hydrogens is 344 g/mol. The second kappa shape index (κ2) is 8.27. The van der Waals surface area contributed by atoms with Gasteiger partial charge >= 0.3 is 5.97 Å². The van der Waals surface area contributed by atoms with Gasteiger partial charge in [-0.1, -0.05) is 53.7 Å². The van der Waals surface area contributed by atoms with Crippen molar-refractivity contribution in [2.24, 2.45) is 0 Å². The fraction of sp³-hybridized carbons (Fsp3) is 0.200. The lowest BCUT2D eigenvalue weighted by Gasteiger charge is -2.15. The van der Waals surface area contributed by atoms with E-state index in [0.29, 0.717) is 5.69 Å². The number of para-hydroxylation sites is 1. The lowest BCUT2D eigenvalue weighted by molar-refractivity contribution is -0.138. The Morgan fingerprint density at radius 2 is 1.67 bits per heavy atom. The molecule has 0 spiro atoms. The fourth-order valence-corrected chi connectivity index (χ4v) is 2.73. The van der Waals surface area contributed by atoms with Gasteiger partial charge < -0.3 is 10.0 Å². The first kappa shape index (κ1) is 18.3. The van der Waals surface area contributed by atoms with Crippen molar-refractivity contribution in [3.8, 4) is 16.9 Å². The molecule has 7 nitrogen and oxygen atoms in total. The van der Waals surface area contributed by atoms with Crippen molar-refractivity contribution < 1.29 is 14.7 Å². The minimum absolute atomic E-state index is 0.0488. The van der Waals surface area contributed by atoms with E-state index in [1.807, 2.05) is 60.7 Å². The summed E-state index contributed by atoms with van der Waals surface area (Å²) in [5.74, 6) is -1.14. The maximum atomic E-state index is 12.5. The van der Waals surface area contributed by atoms with Gasteiger partial charge in [0.2, 0.25) is 5.91 Å². The Labute approximate surface area is 156 Å². The number of carboxylic acids is 1. The molecule has 0 unspecified atom stereocenters. The van der Waals surface area contributed by atoms with Crippen LogP contribution in [0.2, 0.25) is 0 Å². The molecule has 138 valence electrons. The molecule has 0 aliphatic heterocycles. The van der Waals surface area contributed by atoms with E-state index in [0.717, 1.165) is 16.9 Å². The molecule has 0 fully saturated rings. The van der Waals surface area contributed by atoms with E-state index in [9.17, 15) is 9.59 Å². The Hall–Kier alpha value is -3.48. The molecule has 2 aromatic carbocycles. The Morgan fingerprint density at radius 1 is 1.04 bits per heavy atom. The topological polar surface area (TPSA) is 88.3 Å². The molecule has 7 heteroatoms. The number of likely N-dealkylation sites (N-methyl/N-ethyl adjacent to an activating group) is 1. The van der Waals surface area contributed by atoms with Crippen molar-refractivity contribution in [3.05, 3.63) is 66.4 Å². The third-order valence-electron chi connectivity index (χ3n) is 4.19. The minimum Gasteiger partial charge on any atom is -0.481 e. The van der Waals surface area contributed by atoms with Crippen LogP contribution in [0.3, 0.4) is 0 Å². The zero-order valence-electron chi connectivity index (χ0n) is 14.9. The van der Waals surface area contributed by atoms with E-state index in [2.05, 4.69) is 10.3 Å². The summed E-state index contributed by atoms with van der Waals surface area (Å²) in [6, 6.07) is 19.2. The number of carboxylic acid groups (broad SMARTS) is 1. The van der Waals surface area contributed by atoms with Crippen LogP contribution in [0.1, 0.15) is 12.1 Å². The largest absolute Gasteiger partial charge is 0.481 e. The highest BCUT2D eigenvalue weighted by Gasteiger charge is 2.20. The molecule has 0 aliphatic rings. The Balaban J connectivity index is 1.93. The molecule has 0 bridgehead atoms. The maximum Gasteiger partial charge on any atom is 0.305 e. The molecule has 0 atom stereocenters. The second-order valence-electron chi connectivity index (χ2n) is 6.13. The number of carbonyl (C=O) groups excluding carboxylic acids is 1. The van der Waals surface area contributed by atoms with Gasteiger partial charge in [0.25, 0.3) is 0 Å². The predicted octanol–water partition coefficient (Wildman–Crippen LogP) is 2.41. The number of hydrogen-bond donors (Lipinski definition) is 1. The molecule has 1 amide bonds. The van der Waals surface area contributed by atoms with E-state index in [1.165, 1.54) is 4.90 Å². The van der Waals surface area contributed by atoms with Gasteiger partial charge in [0.1, 0.15) is 5.69 Å². The summed E-state index contributed by atoms with van der Waals surface area (Å²) in [6.45, 7) is 0.154. The lowest BCUT2D eigenvalue weighted by Crippen LogP contribution is -2.30. The third-order valence-corrected chi connectivity index (χ3v) is 4.19. The summed E-state index contributed by atoms with van der Waals surface area (Å²) in [5, 5.41) is 17.3. The number of aromatic nitrogens is 3. The van der Waals surface area contributed by atoms with Crippen LogP contribution in [0.15, 0.2) is 60.7 Å². The summed E-state index contributed by atoms with van der Waals surface area (Å²) in [6.07, 6.45) is -0.0440. The minimum atomic E-state index is -0.936. The summed E-state index contributed by atoms with van der Waals surface area (Å²) < 4.78 is 1.72. The first-order valence-corrected chi connectivity index (χ1v) is 8.57. The lowest BCUT2D eigenvalue weighted by atomic mass is 10.1. The molecule has 0 radical (unpaired) electrons. The number of amides is 1. The molecule has 3 rings (SSSR count). The Morgan fingerprint density at radius 3 is 2.30 bits per heavy atom. The average Bonchev–Trinajstić information content (AvgIpc) is 3.10. The molecule has 0 saturated heterocycles. The third kappa shape index (κ3) is 4.38. The number of rotatable bonds is 7. The average molecular weight is 364 g/mol. The second-order valence-corrected chi connectivity index (χ2v) is 6.13. The number of carbonyl (C=O) groups is 2. The van der Waals surface area contributed by atoms with Gasteiger partial charge in [-0.25, -0.2) is 4.68 Å². The zero-order chi connectivity index (χ0) is 19.2. The Kier molecular flexibility index (Phi) is 5.61. The number of hydrogen-bond acceptors (Lipinski definition) is 4. The monoisotopic (exact) mass is 364 g/mol. The SMILES string of the molecule is CN(CCC(=O)O)C(=O)Cc1nnn(-c2ccccc2)c1-c1ccccc1. The molecule has 1 heterocycles. The van der Waals surface area contributed by atoms with Crippen molar-refractivity contribution in [1.29, 1.82) is 0 Å². The van der Waals surface area contributed by atoms with Gasteiger partial charge in [0.15, 0.2) is 0 Å². The van der Waals surface area contributed by atoms with Crippen LogP contribution in [0.5, 0.6) is 0 Å². The van der Waals surface area contributed by atoms with Gasteiger partial charge in [0.05, 0.1) is 24.2 Å². The van der Waals surface area contributed by atoms with Crippen LogP contribution < -0.4 is 0 Å². The first-order chi connectivity index (χ1) is 13.1. The first-order valence-electron chi connectivity index (χ1n) is 8.57. The van der Waals surface area contributed by atoms with Crippen LogP contribution in [-0.4, -0.2) is 50.5 Å². The van der Waals surface area contributed by atoms with Crippen molar-refractivity contribution >= 4 is 11.9 Å². The summed E-state index contributed by atoms with van der Waals surface area (Å²) >= 11 is 0. The molecule has 0 aliphatic carbocycles. The normalized spacial score (nSPS) is 10.6. The summed E-state index contributed by atoms with van der Waals surface area (Å²) in [5.41, 5.74) is 3.06. The highest BCUT2D eigenvalue weighted by molar-refractivity contribution is 5.81. The van der Waals surface area contributed by atoms with Crippen LogP contribution >= 0.6 is 0 Å². The molecule has 27 heavy (non-hydrogen) atoms. The smallest absolute Gasteiger partial charge is 0.305 e. The highest BCUT2D eigenvalue weighted by atomic mass is 16.4. The maximum absolute atomic E-state index is 12.5.